The van der Waals surface area contributed by atoms with Crippen LogP contribution in [0, 0.1) is 12.3 Å². The van der Waals surface area contributed by atoms with Crippen molar-refractivity contribution in [1.29, 1.82) is 0 Å². The van der Waals surface area contributed by atoms with Gasteiger partial charge in [-0.1, -0.05) is 12.8 Å². The van der Waals surface area contributed by atoms with E-state index in [-0.39, 0.29) is 12.5 Å². The third kappa shape index (κ3) is 6.12. The van der Waals surface area contributed by atoms with Crippen molar-refractivity contribution in [3.63, 3.8) is 0 Å². The number of amides is 1. The predicted octanol–water partition coefficient (Wildman–Crippen LogP) is 5.88. The number of hydrogen-bond donors (Lipinski definition) is 0. The number of amidine groups is 1. The van der Waals surface area contributed by atoms with Crippen molar-refractivity contribution >= 4 is 50.5 Å². The first kappa shape index (κ1) is 24.7. The van der Waals surface area contributed by atoms with E-state index >= 15 is 0 Å². The zero-order valence-electron chi connectivity index (χ0n) is 18.8. The third-order valence-corrected chi connectivity index (χ3v) is 6.16. The van der Waals surface area contributed by atoms with Gasteiger partial charge in [0.05, 0.1) is 28.8 Å². The molecule has 0 spiro atoms. The molecule has 2 aromatic rings. The summed E-state index contributed by atoms with van der Waals surface area (Å²) in [6, 6.07) is 11.1. The van der Waals surface area contributed by atoms with Gasteiger partial charge in [0.15, 0.2) is 16.7 Å². The van der Waals surface area contributed by atoms with Crippen LogP contribution < -0.4 is 14.2 Å². The van der Waals surface area contributed by atoms with Crippen molar-refractivity contribution in [3.8, 4) is 29.6 Å². The lowest BCUT2D eigenvalue weighted by molar-refractivity contribution is -0.122. The number of ether oxygens (including phenoxy) is 3. The van der Waals surface area contributed by atoms with Gasteiger partial charge in [0.25, 0.3) is 5.91 Å². The number of thioether (sulfide) groups is 1. The maximum absolute atomic E-state index is 13.2. The molecule has 6 nitrogen and oxygen atoms in total. The lowest BCUT2D eigenvalue weighted by atomic mass is 10.2. The Balaban J connectivity index is 1.95. The van der Waals surface area contributed by atoms with Gasteiger partial charge in [-0.15, -0.1) is 6.42 Å². The molecule has 0 aliphatic carbocycles. The van der Waals surface area contributed by atoms with Crippen molar-refractivity contribution in [2.45, 2.75) is 20.3 Å². The molecule has 1 saturated heterocycles. The Morgan fingerprint density at radius 2 is 1.97 bits per heavy atom. The first-order chi connectivity index (χ1) is 16.0. The molecule has 1 aliphatic heterocycles. The fourth-order valence-corrected chi connectivity index (χ4v) is 4.72. The fourth-order valence-electron chi connectivity index (χ4n) is 3.12. The van der Waals surface area contributed by atoms with Crippen LogP contribution in [0.3, 0.4) is 0 Å². The lowest BCUT2D eigenvalue weighted by Gasteiger charge is -2.14. The number of methoxy groups -OCH3 is 1. The molecule has 0 saturated carbocycles. The largest absolute Gasteiger partial charge is 0.497 e. The smallest absolute Gasteiger partial charge is 0.266 e. The lowest BCUT2D eigenvalue weighted by Crippen LogP contribution is -2.29. The summed E-state index contributed by atoms with van der Waals surface area (Å²) in [7, 11) is 1.62. The molecule has 33 heavy (non-hydrogen) atoms. The summed E-state index contributed by atoms with van der Waals surface area (Å²) in [6.07, 6.45) is 7.98. The first-order valence-electron chi connectivity index (χ1n) is 10.5. The summed E-state index contributed by atoms with van der Waals surface area (Å²) in [5.41, 5.74) is 1.56. The fraction of sp³-hybridized carbons (Fsp3) is 0.280. The number of nitrogens with zero attached hydrogens (tertiary/aromatic N) is 2. The number of carbonyl (C=O) groups excluding carboxylic acids is 1. The molecule has 3 rings (SSSR count). The summed E-state index contributed by atoms with van der Waals surface area (Å²) in [6.45, 7) is 5.11. The minimum Gasteiger partial charge on any atom is -0.497 e. The SMILES string of the molecule is C#CCOc1c(Br)cc(/C=C2\SC(=Nc3ccc(OC)cc3)N(CCC)C2=O)cc1OCC. The highest BCUT2D eigenvalue weighted by molar-refractivity contribution is 9.10. The third-order valence-electron chi connectivity index (χ3n) is 4.56. The number of terminal acetylenes is 1. The van der Waals surface area contributed by atoms with Gasteiger partial charge in [-0.3, -0.25) is 9.69 Å². The molecule has 8 heteroatoms. The second kappa shape index (κ2) is 11.8. The van der Waals surface area contributed by atoms with Crippen molar-refractivity contribution in [1.82, 2.24) is 4.90 Å². The Morgan fingerprint density at radius 1 is 1.21 bits per heavy atom. The summed E-state index contributed by atoms with van der Waals surface area (Å²) in [5.74, 6) is 4.23. The van der Waals surface area contributed by atoms with Crippen LogP contribution in [0.4, 0.5) is 5.69 Å². The summed E-state index contributed by atoms with van der Waals surface area (Å²) in [4.78, 5) is 20.2. The monoisotopic (exact) mass is 528 g/mol. The Hall–Kier alpha value is -2.89. The second-order valence-electron chi connectivity index (χ2n) is 6.92. The number of benzene rings is 2. The number of rotatable bonds is 9. The number of hydrogen-bond acceptors (Lipinski definition) is 6. The molecule has 1 aliphatic rings. The predicted molar refractivity (Wildman–Crippen MR) is 137 cm³/mol. The van der Waals surface area contributed by atoms with Gasteiger partial charge in [0, 0.05) is 6.54 Å². The highest BCUT2D eigenvalue weighted by atomic mass is 79.9. The van der Waals surface area contributed by atoms with E-state index in [1.807, 2.05) is 56.3 Å². The quantitative estimate of drug-likeness (QED) is 0.300. The molecular weight excluding hydrogens is 504 g/mol. The Morgan fingerprint density at radius 3 is 2.61 bits per heavy atom. The van der Waals surface area contributed by atoms with E-state index in [4.69, 9.17) is 25.6 Å². The highest BCUT2D eigenvalue weighted by Crippen LogP contribution is 2.39. The molecule has 172 valence electrons. The van der Waals surface area contributed by atoms with Crippen molar-refractivity contribution in [2.75, 3.05) is 26.9 Å². The first-order valence-corrected chi connectivity index (χ1v) is 12.1. The van der Waals surface area contributed by atoms with Gasteiger partial charge in [-0.2, -0.15) is 0 Å². The topological polar surface area (TPSA) is 60.4 Å². The summed E-state index contributed by atoms with van der Waals surface area (Å²) < 4.78 is 17.3. The number of aliphatic imine (C=N–C) groups is 1. The maximum Gasteiger partial charge on any atom is 0.266 e. The average molecular weight is 529 g/mol. The maximum atomic E-state index is 13.2. The van der Waals surface area contributed by atoms with Crippen molar-refractivity contribution in [3.05, 3.63) is 51.3 Å². The highest BCUT2D eigenvalue weighted by Gasteiger charge is 2.33. The molecule has 1 amide bonds. The van der Waals surface area contributed by atoms with Gasteiger partial charge in [0.1, 0.15) is 12.4 Å². The Kier molecular flexibility index (Phi) is 8.87. The molecule has 0 radical (unpaired) electrons. The molecule has 1 fully saturated rings. The van der Waals surface area contributed by atoms with Gasteiger partial charge in [-0.05, 0) is 89.1 Å². The molecule has 1 heterocycles. The van der Waals surface area contributed by atoms with Crippen molar-refractivity contribution < 1.29 is 19.0 Å². The van der Waals surface area contributed by atoms with Gasteiger partial charge in [0.2, 0.25) is 0 Å². The summed E-state index contributed by atoms with van der Waals surface area (Å²) >= 11 is 4.88. The van der Waals surface area contributed by atoms with Crippen LogP contribution in [0.15, 0.2) is 50.8 Å². The number of halogens is 1. The van der Waals surface area contributed by atoms with E-state index in [2.05, 4.69) is 21.9 Å². The van der Waals surface area contributed by atoms with Gasteiger partial charge >= 0.3 is 0 Å². The van der Waals surface area contributed by atoms with Crippen LogP contribution in [0.25, 0.3) is 6.08 Å². The van der Waals surface area contributed by atoms with Crippen LogP contribution in [0.1, 0.15) is 25.8 Å². The Bertz CT molecular complexity index is 1110. The molecular formula is C25H25BrN2O4S. The van der Waals surface area contributed by atoms with Crippen LogP contribution in [-0.4, -0.2) is 42.8 Å². The summed E-state index contributed by atoms with van der Waals surface area (Å²) in [5, 5.41) is 0.649. The van der Waals surface area contributed by atoms with E-state index in [1.165, 1.54) is 11.8 Å². The minimum atomic E-state index is -0.0733. The van der Waals surface area contributed by atoms with Gasteiger partial charge in [-0.25, -0.2) is 4.99 Å². The van der Waals surface area contributed by atoms with Crippen LogP contribution in [0.5, 0.6) is 17.2 Å². The van der Waals surface area contributed by atoms with Crippen LogP contribution in [0.2, 0.25) is 0 Å². The molecule has 0 aromatic heterocycles. The van der Waals surface area contributed by atoms with Crippen molar-refractivity contribution in [2.24, 2.45) is 4.99 Å². The molecule has 0 N–H and O–H groups in total. The average Bonchev–Trinajstić information content (AvgIpc) is 3.08. The second-order valence-corrected chi connectivity index (χ2v) is 8.78. The normalized spacial score (nSPS) is 15.7. The molecule has 0 atom stereocenters. The van der Waals surface area contributed by atoms with Gasteiger partial charge < -0.3 is 14.2 Å². The molecule has 0 bridgehead atoms. The van der Waals surface area contributed by atoms with E-state index in [9.17, 15) is 4.79 Å². The molecule has 2 aromatic carbocycles. The van der Waals surface area contributed by atoms with Crippen LogP contribution >= 0.6 is 27.7 Å². The zero-order valence-corrected chi connectivity index (χ0v) is 21.2. The molecule has 0 unspecified atom stereocenters. The van der Waals surface area contributed by atoms with E-state index < -0.39 is 0 Å². The van der Waals surface area contributed by atoms with E-state index in [0.29, 0.717) is 39.2 Å². The van der Waals surface area contributed by atoms with Crippen LogP contribution in [-0.2, 0) is 4.79 Å². The Labute approximate surface area is 207 Å². The van der Waals surface area contributed by atoms with E-state index in [1.54, 1.807) is 12.0 Å². The minimum absolute atomic E-state index is 0.0733. The standard InChI is InChI=1S/C25H25BrN2O4S/c1-5-12-28-24(29)22(33-25(28)27-18-8-10-19(30-4)11-9-18)16-17-14-20(26)23(32-13-6-2)21(15-17)31-7-3/h2,8-11,14-16H,5,7,12-13H2,1,3-4H3/b22-16-,27-25?. The number of carbonyl (C=O) groups is 1. The van der Waals surface area contributed by atoms with E-state index in [0.717, 1.165) is 23.4 Å². The zero-order chi connectivity index (χ0) is 23.8.